The number of allylic oxidation sites excluding steroid dienone is 1. The lowest BCUT2D eigenvalue weighted by molar-refractivity contribution is -0.118. The van der Waals surface area contributed by atoms with Crippen molar-refractivity contribution in [3.8, 4) is 16.9 Å². The summed E-state index contributed by atoms with van der Waals surface area (Å²) in [6.45, 7) is 7.31. The highest BCUT2D eigenvalue weighted by Crippen LogP contribution is 2.33. The zero-order chi connectivity index (χ0) is 26.2. The summed E-state index contributed by atoms with van der Waals surface area (Å²) in [7, 11) is 0. The van der Waals surface area contributed by atoms with Gasteiger partial charge in [-0.15, -0.1) is 0 Å². The number of nitrogens with zero attached hydrogens (tertiary/aromatic N) is 1. The molecular weight excluding hydrogens is 460 g/mol. The Bertz CT molecular complexity index is 1280. The van der Waals surface area contributed by atoms with Gasteiger partial charge in [0.05, 0.1) is 6.61 Å². The van der Waals surface area contributed by atoms with Gasteiger partial charge in [0, 0.05) is 43.3 Å². The molecule has 3 aromatic carbocycles. The molecule has 0 saturated carbocycles. The van der Waals surface area contributed by atoms with Gasteiger partial charge in [-0.25, -0.2) is 0 Å². The molecule has 0 fully saturated rings. The molecule has 0 spiro atoms. The molecule has 1 aliphatic heterocycles. The van der Waals surface area contributed by atoms with Gasteiger partial charge >= 0.3 is 0 Å². The van der Waals surface area contributed by atoms with Gasteiger partial charge in [-0.1, -0.05) is 74.0 Å². The molecule has 1 aliphatic rings. The van der Waals surface area contributed by atoms with Crippen LogP contribution in [0.2, 0.25) is 0 Å². The molecule has 0 unspecified atom stereocenters. The number of carbonyl (C=O) groups excluding carboxylic acids is 2. The topological polar surface area (TPSA) is 58.6 Å². The van der Waals surface area contributed by atoms with Crippen molar-refractivity contribution in [1.82, 2.24) is 10.2 Å². The van der Waals surface area contributed by atoms with Gasteiger partial charge in [0.1, 0.15) is 5.75 Å². The van der Waals surface area contributed by atoms with Crippen molar-refractivity contribution in [3.05, 3.63) is 101 Å². The van der Waals surface area contributed by atoms with Gasteiger partial charge in [-0.05, 0) is 54.2 Å². The van der Waals surface area contributed by atoms with E-state index in [2.05, 4.69) is 24.4 Å². The van der Waals surface area contributed by atoms with Crippen LogP contribution >= 0.6 is 0 Å². The smallest absolute Gasteiger partial charge is 0.254 e. The van der Waals surface area contributed by atoms with E-state index < -0.39 is 0 Å². The normalized spacial score (nSPS) is 13.2. The van der Waals surface area contributed by atoms with E-state index in [9.17, 15) is 9.59 Å². The van der Waals surface area contributed by atoms with Crippen LogP contribution < -0.4 is 10.1 Å². The molecule has 1 N–H and O–H groups in total. The number of rotatable bonds is 9. The number of nitrogens with one attached hydrogen (secondary N) is 1. The van der Waals surface area contributed by atoms with Crippen LogP contribution in [0.5, 0.6) is 5.75 Å². The second-order valence-electron chi connectivity index (χ2n) is 9.41. The number of benzene rings is 3. The third-order valence-corrected chi connectivity index (χ3v) is 6.83. The van der Waals surface area contributed by atoms with Crippen LogP contribution in [-0.4, -0.2) is 29.9 Å². The second kappa shape index (κ2) is 12.4. The lowest BCUT2D eigenvalue weighted by Gasteiger charge is -2.32. The number of fused-ring (bicyclic) bond motifs is 1. The average molecular weight is 497 g/mol. The van der Waals surface area contributed by atoms with Gasteiger partial charge in [0.2, 0.25) is 5.91 Å². The Labute approximate surface area is 220 Å². The lowest BCUT2D eigenvalue weighted by atomic mass is 9.91. The summed E-state index contributed by atoms with van der Waals surface area (Å²) < 4.78 is 6.21. The quantitative estimate of drug-likeness (QED) is 0.377. The van der Waals surface area contributed by atoms with Gasteiger partial charge in [-0.3, -0.25) is 9.59 Å². The number of amides is 2. The fraction of sp³-hybridized carbons (Fsp3) is 0.312. The summed E-state index contributed by atoms with van der Waals surface area (Å²) in [5.41, 5.74) is 7.30. The molecule has 0 bridgehead atoms. The Morgan fingerprint density at radius 2 is 1.76 bits per heavy atom. The average Bonchev–Trinajstić information content (AvgIpc) is 2.93. The molecule has 0 atom stereocenters. The molecule has 0 aromatic heterocycles. The van der Waals surface area contributed by atoms with E-state index in [-0.39, 0.29) is 11.8 Å². The number of aryl methyl sites for hydroxylation is 1. The maximum atomic E-state index is 13.8. The van der Waals surface area contributed by atoms with Crippen LogP contribution in [0.25, 0.3) is 11.1 Å². The minimum atomic E-state index is -0.0759. The van der Waals surface area contributed by atoms with E-state index >= 15 is 0 Å². The largest absolute Gasteiger partial charge is 0.493 e. The number of ether oxygens (including phenoxy) is 1. The first-order valence-electron chi connectivity index (χ1n) is 13.1. The minimum Gasteiger partial charge on any atom is -0.493 e. The van der Waals surface area contributed by atoms with Crippen LogP contribution in [0.1, 0.15) is 60.7 Å². The summed E-state index contributed by atoms with van der Waals surface area (Å²) in [5.74, 6) is 0.866. The third-order valence-electron chi connectivity index (χ3n) is 6.83. The standard InChI is InChI=1S/C32H36N2O3/c1-4-11-24-16-17-31(37-21-19-26(5-2)33-23(3)35)28-18-20-34(22-30(24)28)32(36)29-15-10-9-14-27(29)25-12-7-6-8-13-25/h5-10,12-17H,4,11,18-22H2,1-3H3,(H,33,35)/b26-5+. The Morgan fingerprint density at radius 3 is 2.49 bits per heavy atom. The van der Waals surface area contributed by atoms with Crippen molar-refractivity contribution in [2.45, 2.75) is 53.0 Å². The highest BCUT2D eigenvalue weighted by atomic mass is 16.5. The third kappa shape index (κ3) is 6.29. The molecule has 2 amide bonds. The van der Waals surface area contributed by atoms with Crippen LogP contribution in [0, 0.1) is 0 Å². The molecule has 37 heavy (non-hydrogen) atoms. The van der Waals surface area contributed by atoms with Crippen molar-refractivity contribution in [2.24, 2.45) is 0 Å². The van der Waals surface area contributed by atoms with E-state index in [1.54, 1.807) is 0 Å². The molecular formula is C32H36N2O3. The summed E-state index contributed by atoms with van der Waals surface area (Å²) in [5, 5.41) is 2.85. The van der Waals surface area contributed by atoms with Gasteiger partial charge in [0.15, 0.2) is 0 Å². The van der Waals surface area contributed by atoms with Crippen LogP contribution in [0.15, 0.2) is 78.5 Å². The Hall–Kier alpha value is -3.86. The summed E-state index contributed by atoms with van der Waals surface area (Å²) in [6.07, 6.45) is 5.29. The predicted molar refractivity (Wildman–Crippen MR) is 148 cm³/mol. The van der Waals surface area contributed by atoms with E-state index in [0.29, 0.717) is 26.1 Å². The molecule has 0 radical (unpaired) electrons. The van der Waals surface area contributed by atoms with E-state index in [4.69, 9.17) is 4.74 Å². The highest BCUT2D eigenvalue weighted by molar-refractivity contribution is 6.01. The number of hydrogen-bond donors (Lipinski definition) is 1. The van der Waals surface area contributed by atoms with Crippen molar-refractivity contribution >= 4 is 11.8 Å². The number of hydrogen-bond acceptors (Lipinski definition) is 3. The summed E-state index contributed by atoms with van der Waals surface area (Å²) in [4.78, 5) is 27.2. The van der Waals surface area contributed by atoms with E-state index in [0.717, 1.165) is 47.4 Å². The fourth-order valence-electron chi connectivity index (χ4n) is 5.01. The second-order valence-corrected chi connectivity index (χ2v) is 9.41. The first-order valence-corrected chi connectivity index (χ1v) is 13.1. The van der Waals surface area contributed by atoms with Crippen molar-refractivity contribution in [3.63, 3.8) is 0 Å². The number of carbonyl (C=O) groups is 2. The van der Waals surface area contributed by atoms with Crippen LogP contribution in [0.3, 0.4) is 0 Å². The lowest BCUT2D eigenvalue weighted by Crippen LogP contribution is -2.37. The summed E-state index contributed by atoms with van der Waals surface area (Å²) >= 11 is 0. The van der Waals surface area contributed by atoms with Crippen LogP contribution in [0.4, 0.5) is 0 Å². The zero-order valence-corrected chi connectivity index (χ0v) is 22.0. The first-order chi connectivity index (χ1) is 18.0. The van der Waals surface area contributed by atoms with Gasteiger partial charge < -0.3 is 15.0 Å². The van der Waals surface area contributed by atoms with Gasteiger partial charge in [0.25, 0.3) is 5.91 Å². The van der Waals surface area contributed by atoms with Crippen molar-refractivity contribution in [2.75, 3.05) is 13.2 Å². The zero-order valence-electron chi connectivity index (χ0n) is 22.0. The molecule has 3 aromatic rings. The molecule has 4 rings (SSSR count). The SMILES string of the molecule is C/C=C(\CCOc1ccc(CCC)c2c1CCN(C(=O)c1ccccc1-c1ccccc1)C2)NC(C)=O. The Balaban J connectivity index is 1.56. The maximum Gasteiger partial charge on any atom is 0.254 e. The Morgan fingerprint density at radius 1 is 1.00 bits per heavy atom. The first kappa shape index (κ1) is 26.2. The fourth-order valence-corrected chi connectivity index (χ4v) is 5.01. The van der Waals surface area contributed by atoms with E-state index in [1.807, 2.05) is 72.5 Å². The Kier molecular flexibility index (Phi) is 8.78. The monoisotopic (exact) mass is 496 g/mol. The molecule has 0 saturated heterocycles. The van der Waals surface area contributed by atoms with E-state index in [1.165, 1.54) is 23.6 Å². The predicted octanol–water partition coefficient (Wildman–Crippen LogP) is 6.31. The maximum absolute atomic E-state index is 13.8. The molecule has 5 nitrogen and oxygen atoms in total. The molecule has 0 aliphatic carbocycles. The summed E-state index contributed by atoms with van der Waals surface area (Å²) in [6, 6.07) is 22.2. The van der Waals surface area contributed by atoms with Crippen LogP contribution in [-0.2, 0) is 24.2 Å². The minimum absolute atomic E-state index is 0.0619. The van der Waals surface area contributed by atoms with Crippen molar-refractivity contribution < 1.29 is 14.3 Å². The molecule has 1 heterocycles. The van der Waals surface area contributed by atoms with Gasteiger partial charge in [-0.2, -0.15) is 0 Å². The molecule has 192 valence electrons. The molecule has 5 heteroatoms. The highest BCUT2D eigenvalue weighted by Gasteiger charge is 2.27. The van der Waals surface area contributed by atoms with Crippen molar-refractivity contribution in [1.29, 1.82) is 0 Å².